The summed E-state index contributed by atoms with van der Waals surface area (Å²) in [6.45, 7) is 0. The second kappa shape index (κ2) is 2.79. The van der Waals surface area contributed by atoms with Crippen molar-refractivity contribution < 1.29 is 4.42 Å². The summed E-state index contributed by atoms with van der Waals surface area (Å²) in [5.41, 5.74) is 2.00. The Hall–Kier alpha value is -2.02. The predicted molar refractivity (Wildman–Crippen MR) is 46.2 cm³/mol. The largest absolute Gasteiger partial charge is 0.417 e. The molecule has 1 N–H and O–H groups in total. The third-order valence-corrected chi connectivity index (χ3v) is 1.77. The van der Waals surface area contributed by atoms with Gasteiger partial charge in [0.25, 0.3) is 0 Å². The number of aromatic amines is 1. The average molecular weight is 174 g/mol. The number of fused-ring (bicyclic) bond motifs is 1. The van der Waals surface area contributed by atoms with Crippen LogP contribution in [0.1, 0.15) is 5.56 Å². The fraction of sp³-hybridized carbons (Fsp3) is 0.111. The monoisotopic (exact) mass is 174 g/mol. The van der Waals surface area contributed by atoms with Gasteiger partial charge >= 0.3 is 5.76 Å². The zero-order valence-corrected chi connectivity index (χ0v) is 6.70. The maximum absolute atomic E-state index is 10.8. The highest BCUT2D eigenvalue weighted by Crippen LogP contribution is 2.12. The molecule has 64 valence electrons. The molecule has 0 saturated heterocycles. The molecular formula is C9H6N2O2. The molecule has 0 amide bonds. The molecule has 2 rings (SSSR count). The summed E-state index contributed by atoms with van der Waals surface area (Å²) in [6.07, 6.45) is 0.324. The van der Waals surface area contributed by atoms with Gasteiger partial charge in [-0.15, -0.1) is 0 Å². The summed E-state index contributed by atoms with van der Waals surface area (Å²) in [4.78, 5) is 13.3. The summed E-state index contributed by atoms with van der Waals surface area (Å²) in [7, 11) is 0. The molecule has 4 heteroatoms. The lowest BCUT2D eigenvalue weighted by Crippen LogP contribution is -1.92. The first kappa shape index (κ1) is 7.62. The van der Waals surface area contributed by atoms with E-state index in [9.17, 15) is 4.79 Å². The molecule has 0 unspecified atom stereocenters. The van der Waals surface area contributed by atoms with E-state index >= 15 is 0 Å². The van der Waals surface area contributed by atoms with Gasteiger partial charge < -0.3 is 4.42 Å². The Morgan fingerprint density at radius 1 is 1.54 bits per heavy atom. The number of nitriles is 1. The second-order valence-corrected chi connectivity index (χ2v) is 2.68. The summed E-state index contributed by atoms with van der Waals surface area (Å²) in [6, 6.07) is 7.23. The lowest BCUT2D eigenvalue weighted by atomic mass is 10.1. The molecule has 4 nitrogen and oxygen atoms in total. The molecule has 0 aliphatic rings. The molecule has 1 aromatic carbocycles. The van der Waals surface area contributed by atoms with Crippen LogP contribution < -0.4 is 5.76 Å². The lowest BCUT2D eigenvalue weighted by molar-refractivity contribution is 0.555. The van der Waals surface area contributed by atoms with Gasteiger partial charge in [-0.05, 0) is 17.7 Å². The van der Waals surface area contributed by atoms with Gasteiger partial charge in [-0.3, -0.25) is 4.98 Å². The van der Waals surface area contributed by atoms with E-state index in [1.54, 1.807) is 18.2 Å². The van der Waals surface area contributed by atoms with Gasteiger partial charge in [0.1, 0.15) is 0 Å². The summed E-state index contributed by atoms with van der Waals surface area (Å²) >= 11 is 0. The minimum absolute atomic E-state index is 0.324. The predicted octanol–water partition coefficient (Wildman–Crippen LogP) is 1.19. The molecule has 13 heavy (non-hydrogen) atoms. The Bertz CT molecular complexity index is 530. The minimum atomic E-state index is -0.468. The van der Waals surface area contributed by atoms with Gasteiger partial charge in [0, 0.05) is 0 Å². The van der Waals surface area contributed by atoms with E-state index < -0.39 is 5.76 Å². The van der Waals surface area contributed by atoms with Gasteiger partial charge in [0.2, 0.25) is 0 Å². The number of hydrogen-bond donors (Lipinski definition) is 1. The number of H-pyrrole nitrogens is 1. The first-order valence-corrected chi connectivity index (χ1v) is 3.78. The van der Waals surface area contributed by atoms with Crippen LogP contribution in [0.2, 0.25) is 0 Å². The number of aromatic nitrogens is 1. The van der Waals surface area contributed by atoms with E-state index in [0.717, 1.165) is 5.56 Å². The Kier molecular flexibility index (Phi) is 1.64. The Labute approximate surface area is 73.4 Å². The van der Waals surface area contributed by atoms with E-state index in [0.29, 0.717) is 17.5 Å². The van der Waals surface area contributed by atoms with Crippen molar-refractivity contribution in [1.29, 1.82) is 5.26 Å². The van der Waals surface area contributed by atoms with Crippen LogP contribution in [0.4, 0.5) is 0 Å². The van der Waals surface area contributed by atoms with Crippen LogP contribution in [0.15, 0.2) is 27.4 Å². The van der Waals surface area contributed by atoms with Crippen LogP contribution >= 0.6 is 0 Å². The molecule has 2 aromatic rings. The van der Waals surface area contributed by atoms with E-state index in [1.807, 2.05) is 6.07 Å². The highest BCUT2D eigenvalue weighted by molar-refractivity contribution is 5.72. The molecule has 0 fully saturated rings. The number of rotatable bonds is 1. The Morgan fingerprint density at radius 2 is 2.38 bits per heavy atom. The van der Waals surface area contributed by atoms with Gasteiger partial charge in [0.05, 0.1) is 18.0 Å². The smallest absolute Gasteiger partial charge is 0.408 e. The van der Waals surface area contributed by atoms with Gasteiger partial charge in [-0.1, -0.05) is 6.07 Å². The fourth-order valence-corrected chi connectivity index (χ4v) is 1.19. The Balaban J connectivity index is 2.62. The average Bonchev–Trinajstić information content (AvgIpc) is 2.44. The zero-order chi connectivity index (χ0) is 9.26. The number of oxazole rings is 1. The summed E-state index contributed by atoms with van der Waals surface area (Å²) in [5, 5.41) is 8.45. The third-order valence-electron chi connectivity index (χ3n) is 1.77. The van der Waals surface area contributed by atoms with Gasteiger partial charge in [-0.25, -0.2) is 4.79 Å². The van der Waals surface area contributed by atoms with Crippen molar-refractivity contribution in [1.82, 2.24) is 4.98 Å². The Morgan fingerprint density at radius 3 is 3.15 bits per heavy atom. The van der Waals surface area contributed by atoms with Crippen molar-refractivity contribution in [2.45, 2.75) is 6.42 Å². The van der Waals surface area contributed by atoms with Crippen LogP contribution in [0.3, 0.4) is 0 Å². The molecule has 0 saturated carbocycles. The molecule has 0 spiro atoms. The number of nitrogens with zero attached hydrogens (tertiary/aromatic N) is 1. The zero-order valence-electron chi connectivity index (χ0n) is 6.70. The van der Waals surface area contributed by atoms with Gasteiger partial charge in [0.15, 0.2) is 5.58 Å². The van der Waals surface area contributed by atoms with E-state index in [1.165, 1.54) is 0 Å². The first-order valence-electron chi connectivity index (χ1n) is 3.78. The van der Waals surface area contributed by atoms with Crippen molar-refractivity contribution >= 4 is 11.1 Å². The van der Waals surface area contributed by atoms with Crippen molar-refractivity contribution in [3.63, 3.8) is 0 Å². The highest BCUT2D eigenvalue weighted by atomic mass is 16.4. The maximum atomic E-state index is 10.8. The molecule has 0 aliphatic carbocycles. The molecule has 0 atom stereocenters. The van der Waals surface area contributed by atoms with Crippen molar-refractivity contribution in [2.24, 2.45) is 0 Å². The lowest BCUT2D eigenvalue weighted by Gasteiger charge is -1.91. The van der Waals surface area contributed by atoms with Crippen molar-refractivity contribution in [3.8, 4) is 6.07 Å². The SMILES string of the molecule is N#CCc1ccc2[nH]c(=O)oc2c1. The second-order valence-electron chi connectivity index (χ2n) is 2.68. The third kappa shape index (κ3) is 1.32. The van der Waals surface area contributed by atoms with E-state index in [2.05, 4.69) is 4.98 Å². The van der Waals surface area contributed by atoms with Crippen molar-refractivity contribution in [3.05, 3.63) is 34.3 Å². The molecule has 0 bridgehead atoms. The highest BCUT2D eigenvalue weighted by Gasteiger charge is 2.00. The normalized spacial score (nSPS) is 10.1. The van der Waals surface area contributed by atoms with Crippen LogP contribution in [0, 0.1) is 11.3 Å². The number of nitrogens with one attached hydrogen (secondary N) is 1. The topological polar surface area (TPSA) is 69.8 Å². The van der Waals surface area contributed by atoms with E-state index in [-0.39, 0.29) is 0 Å². The van der Waals surface area contributed by atoms with Crippen molar-refractivity contribution in [2.75, 3.05) is 0 Å². The van der Waals surface area contributed by atoms with Crippen LogP contribution in [-0.4, -0.2) is 4.98 Å². The summed E-state index contributed by atoms with van der Waals surface area (Å²) < 4.78 is 4.83. The number of hydrogen-bond acceptors (Lipinski definition) is 3. The molecule has 0 radical (unpaired) electrons. The number of benzene rings is 1. The standard InChI is InChI=1S/C9H6N2O2/c10-4-3-6-1-2-7-8(5-6)13-9(12)11-7/h1-2,5H,3H2,(H,11,12). The fourth-order valence-electron chi connectivity index (χ4n) is 1.19. The maximum Gasteiger partial charge on any atom is 0.417 e. The minimum Gasteiger partial charge on any atom is -0.408 e. The van der Waals surface area contributed by atoms with E-state index in [4.69, 9.17) is 9.68 Å². The van der Waals surface area contributed by atoms with Crippen LogP contribution in [0.5, 0.6) is 0 Å². The summed E-state index contributed by atoms with van der Waals surface area (Å²) in [5.74, 6) is -0.468. The first-order chi connectivity index (χ1) is 6.29. The van der Waals surface area contributed by atoms with Crippen LogP contribution in [-0.2, 0) is 6.42 Å². The van der Waals surface area contributed by atoms with Gasteiger partial charge in [-0.2, -0.15) is 5.26 Å². The quantitative estimate of drug-likeness (QED) is 0.705. The molecule has 1 heterocycles. The molecular weight excluding hydrogens is 168 g/mol. The molecule has 1 aromatic heterocycles. The van der Waals surface area contributed by atoms with Crippen LogP contribution in [0.25, 0.3) is 11.1 Å². The molecule has 0 aliphatic heterocycles.